The Bertz CT molecular complexity index is 1110. The smallest absolute Gasteiger partial charge is 0.234 e. The van der Waals surface area contributed by atoms with Crippen molar-refractivity contribution < 1.29 is 9.59 Å². The van der Waals surface area contributed by atoms with Gasteiger partial charge in [0.1, 0.15) is 11.6 Å². The second kappa shape index (κ2) is 12.5. The van der Waals surface area contributed by atoms with Gasteiger partial charge in [-0.1, -0.05) is 74.4 Å². The van der Waals surface area contributed by atoms with Crippen LogP contribution in [0.15, 0.2) is 60.8 Å². The van der Waals surface area contributed by atoms with Crippen LogP contribution in [0.25, 0.3) is 11.3 Å². The monoisotopic (exact) mass is 472 g/mol. The molecular formula is C29H36N4O2. The van der Waals surface area contributed by atoms with Gasteiger partial charge in [-0.05, 0) is 36.0 Å². The number of nitrogens with zero attached hydrogens (tertiary/aromatic N) is 2. The minimum absolute atomic E-state index is 0.0215. The quantitative estimate of drug-likeness (QED) is 0.354. The van der Waals surface area contributed by atoms with Crippen molar-refractivity contribution in [3.05, 3.63) is 77.7 Å². The molecule has 1 aromatic heterocycles. The fourth-order valence-corrected chi connectivity index (χ4v) is 4.71. The number of amides is 1. The van der Waals surface area contributed by atoms with E-state index in [-0.39, 0.29) is 11.9 Å². The molecule has 0 radical (unpaired) electrons. The standard InChI is InChI=1S/C29H36N4O2/c1-2-25(34)15-7-4-8-16-26(29-30-19-27(32-29)23-12-5-3-6-13-23)31-28(35)21-33-18-17-22-11-9-10-14-24(22)20-33/h3,5-6,9-14,19,26H,2,4,7-8,15-18,20-21H2,1H3,(H,30,32)(H,31,35)/t26-/m0/s1. The molecular weight excluding hydrogens is 436 g/mol. The molecule has 6 heteroatoms. The number of benzene rings is 2. The van der Waals surface area contributed by atoms with Crippen LogP contribution in [-0.2, 0) is 22.6 Å². The highest BCUT2D eigenvalue weighted by atomic mass is 16.2. The molecule has 35 heavy (non-hydrogen) atoms. The fraction of sp³-hybridized carbons (Fsp3) is 0.414. The number of unbranched alkanes of at least 4 members (excludes halogenated alkanes) is 2. The van der Waals surface area contributed by atoms with Crippen LogP contribution >= 0.6 is 0 Å². The largest absolute Gasteiger partial charge is 0.345 e. The number of imidazole rings is 1. The molecule has 6 nitrogen and oxygen atoms in total. The summed E-state index contributed by atoms with van der Waals surface area (Å²) in [6.07, 6.45) is 7.64. The van der Waals surface area contributed by atoms with Gasteiger partial charge in [0.2, 0.25) is 5.91 Å². The Morgan fingerprint density at radius 1 is 1.03 bits per heavy atom. The zero-order chi connectivity index (χ0) is 24.5. The van der Waals surface area contributed by atoms with Gasteiger partial charge in [0, 0.05) is 25.9 Å². The molecule has 184 valence electrons. The van der Waals surface area contributed by atoms with Crippen molar-refractivity contribution in [3.8, 4) is 11.3 Å². The van der Waals surface area contributed by atoms with Crippen LogP contribution in [0.1, 0.15) is 68.4 Å². The molecule has 4 rings (SSSR count). The Kier molecular flexibility index (Phi) is 8.85. The third-order valence-corrected chi connectivity index (χ3v) is 6.77. The molecule has 1 aliphatic rings. The van der Waals surface area contributed by atoms with Crippen molar-refractivity contribution in [1.29, 1.82) is 0 Å². The summed E-state index contributed by atoms with van der Waals surface area (Å²) >= 11 is 0. The molecule has 0 saturated heterocycles. The summed E-state index contributed by atoms with van der Waals surface area (Å²) in [5, 5.41) is 3.24. The first kappa shape index (κ1) is 24.9. The number of carbonyl (C=O) groups is 2. The number of H-pyrrole nitrogens is 1. The van der Waals surface area contributed by atoms with Crippen LogP contribution in [0.5, 0.6) is 0 Å². The number of ketones is 1. The summed E-state index contributed by atoms with van der Waals surface area (Å²) in [6.45, 7) is 3.98. The number of rotatable bonds is 12. The normalized spacial score (nSPS) is 14.3. The highest BCUT2D eigenvalue weighted by Gasteiger charge is 2.22. The number of aromatic amines is 1. The van der Waals surface area contributed by atoms with E-state index >= 15 is 0 Å². The molecule has 3 aromatic rings. The van der Waals surface area contributed by atoms with Crippen LogP contribution in [0, 0.1) is 0 Å². The number of aromatic nitrogens is 2. The Morgan fingerprint density at radius 3 is 2.60 bits per heavy atom. The molecule has 2 aromatic carbocycles. The number of carbonyl (C=O) groups excluding carboxylic acids is 2. The maximum absolute atomic E-state index is 13.1. The van der Waals surface area contributed by atoms with Gasteiger partial charge in [-0.15, -0.1) is 0 Å². The molecule has 1 amide bonds. The van der Waals surface area contributed by atoms with Gasteiger partial charge in [0.15, 0.2) is 0 Å². The van der Waals surface area contributed by atoms with Crippen LogP contribution in [0.2, 0.25) is 0 Å². The number of Topliss-reactive ketones (excluding diaryl/α,β-unsaturated/α-hetero) is 1. The average Bonchev–Trinajstić information content (AvgIpc) is 3.38. The van der Waals surface area contributed by atoms with E-state index in [1.165, 1.54) is 11.1 Å². The lowest BCUT2D eigenvalue weighted by Gasteiger charge is -2.28. The van der Waals surface area contributed by atoms with Gasteiger partial charge in [0.25, 0.3) is 0 Å². The van der Waals surface area contributed by atoms with Crippen molar-refractivity contribution >= 4 is 11.7 Å². The van der Waals surface area contributed by atoms with E-state index in [1.807, 2.05) is 43.5 Å². The summed E-state index contributed by atoms with van der Waals surface area (Å²) in [4.78, 5) is 34.9. The van der Waals surface area contributed by atoms with Crippen LogP contribution in [-0.4, -0.2) is 39.6 Å². The van der Waals surface area contributed by atoms with E-state index in [0.717, 1.165) is 62.3 Å². The van der Waals surface area contributed by atoms with Gasteiger partial charge >= 0.3 is 0 Å². The molecule has 0 bridgehead atoms. The minimum Gasteiger partial charge on any atom is -0.345 e. The zero-order valence-electron chi connectivity index (χ0n) is 20.6. The van der Waals surface area contributed by atoms with Crippen molar-refractivity contribution in [2.75, 3.05) is 13.1 Å². The number of fused-ring (bicyclic) bond motifs is 1. The second-order valence-corrected chi connectivity index (χ2v) is 9.39. The van der Waals surface area contributed by atoms with Gasteiger partial charge in [0.05, 0.1) is 24.5 Å². The second-order valence-electron chi connectivity index (χ2n) is 9.39. The lowest BCUT2D eigenvalue weighted by atomic mass is 10.00. The molecule has 0 unspecified atom stereocenters. The topological polar surface area (TPSA) is 78.1 Å². The summed E-state index contributed by atoms with van der Waals surface area (Å²) in [6, 6.07) is 18.4. The average molecular weight is 473 g/mol. The van der Waals surface area contributed by atoms with Gasteiger partial charge in [-0.3, -0.25) is 14.5 Å². The first-order valence-corrected chi connectivity index (χ1v) is 12.8. The first-order chi connectivity index (χ1) is 17.1. The number of nitrogens with one attached hydrogen (secondary N) is 2. The zero-order valence-corrected chi connectivity index (χ0v) is 20.6. The SMILES string of the molecule is CCC(=O)CCCCC[C@H](NC(=O)CN1CCc2ccccc2C1)c1ncc(-c2ccccc2)[nH]1. The highest BCUT2D eigenvalue weighted by Crippen LogP contribution is 2.23. The Hall–Kier alpha value is -3.25. The molecule has 0 spiro atoms. The Morgan fingerprint density at radius 2 is 1.80 bits per heavy atom. The van der Waals surface area contributed by atoms with E-state index in [0.29, 0.717) is 25.2 Å². The summed E-state index contributed by atoms with van der Waals surface area (Å²) in [5.74, 6) is 1.12. The third-order valence-electron chi connectivity index (χ3n) is 6.77. The van der Waals surface area contributed by atoms with E-state index in [4.69, 9.17) is 0 Å². The van der Waals surface area contributed by atoms with Gasteiger partial charge < -0.3 is 10.3 Å². The minimum atomic E-state index is -0.182. The molecule has 1 aliphatic heterocycles. The van der Waals surface area contributed by atoms with E-state index < -0.39 is 0 Å². The predicted molar refractivity (Wildman–Crippen MR) is 139 cm³/mol. The molecule has 2 heterocycles. The van der Waals surface area contributed by atoms with E-state index in [9.17, 15) is 9.59 Å². The van der Waals surface area contributed by atoms with Crippen LogP contribution < -0.4 is 5.32 Å². The van der Waals surface area contributed by atoms with E-state index in [1.54, 1.807) is 0 Å². The van der Waals surface area contributed by atoms with Crippen molar-refractivity contribution in [1.82, 2.24) is 20.2 Å². The van der Waals surface area contributed by atoms with E-state index in [2.05, 4.69) is 44.5 Å². The highest BCUT2D eigenvalue weighted by molar-refractivity contribution is 5.78. The van der Waals surface area contributed by atoms with Gasteiger partial charge in [-0.25, -0.2) is 4.98 Å². The fourth-order valence-electron chi connectivity index (χ4n) is 4.71. The number of hydrogen-bond acceptors (Lipinski definition) is 4. The molecule has 0 saturated carbocycles. The van der Waals surface area contributed by atoms with Crippen molar-refractivity contribution in [2.24, 2.45) is 0 Å². The molecule has 2 N–H and O–H groups in total. The van der Waals surface area contributed by atoms with Crippen LogP contribution in [0.4, 0.5) is 0 Å². The maximum atomic E-state index is 13.1. The summed E-state index contributed by atoms with van der Waals surface area (Å²) < 4.78 is 0. The van der Waals surface area contributed by atoms with Crippen molar-refractivity contribution in [2.45, 2.75) is 64.5 Å². The first-order valence-electron chi connectivity index (χ1n) is 12.8. The lowest BCUT2D eigenvalue weighted by Crippen LogP contribution is -2.41. The summed E-state index contributed by atoms with van der Waals surface area (Å²) in [7, 11) is 0. The molecule has 1 atom stereocenters. The summed E-state index contributed by atoms with van der Waals surface area (Å²) in [5.41, 5.74) is 4.71. The van der Waals surface area contributed by atoms with Gasteiger partial charge in [-0.2, -0.15) is 0 Å². The lowest BCUT2D eigenvalue weighted by molar-refractivity contribution is -0.123. The maximum Gasteiger partial charge on any atom is 0.234 e. The van der Waals surface area contributed by atoms with Crippen LogP contribution in [0.3, 0.4) is 0 Å². The Labute approximate surface area is 208 Å². The third kappa shape index (κ3) is 7.12. The molecule has 0 fully saturated rings. The Balaban J connectivity index is 1.38. The number of hydrogen-bond donors (Lipinski definition) is 2. The predicted octanol–water partition coefficient (Wildman–Crippen LogP) is 5.22. The van der Waals surface area contributed by atoms with Crippen molar-refractivity contribution in [3.63, 3.8) is 0 Å². The molecule has 0 aliphatic carbocycles.